The average molecular weight is 308 g/mol. The van der Waals surface area contributed by atoms with Crippen LogP contribution < -0.4 is 11.1 Å². The fourth-order valence-electron chi connectivity index (χ4n) is 2.65. The smallest absolute Gasteiger partial charge is 0.221 e. The zero-order valence-electron chi connectivity index (χ0n) is 13.5. The number of aromatic amines is 1. The molecule has 3 aromatic rings. The van der Waals surface area contributed by atoms with Crippen molar-refractivity contribution in [3.63, 3.8) is 0 Å². The van der Waals surface area contributed by atoms with Crippen molar-refractivity contribution in [3.05, 3.63) is 48.2 Å². The van der Waals surface area contributed by atoms with Gasteiger partial charge in [-0.15, -0.1) is 0 Å². The maximum absolute atomic E-state index is 11.6. The highest BCUT2D eigenvalue weighted by Gasteiger charge is 2.15. The number of amides is 1. The van der Waals surface area contributed by atoms with Gasteiger partial charge in [0.15, 0.2) is 0 Å². The number of anilines is 1. The van der Waals surface area contributed by atoms with Gasteiger partial charge >= 0.3 is 0 Å². The number of nitrogens with one attached hydrogen (secondary N) is 2. The number of carbonyl (C=O) groups excluding carboxylic acids is 1. The van der Waals surface area contributed by atoms with Gasteiger partial charge in [-0.1, -0.05) is 30.3 Å². The Bertz CT molecular complexity index is 857. The van der Waals surface area contributed by atoms with Gasteiger partial charge in [-0.2, -0.15) is 5.10 Å². The lowest BCUT2D eigenvalue weighted by atomic mass is 9.93. The summed E-state index contributed by atoms with van der Waals surface area (Å²) < 4.78 is 0. The van der Waals surface area contributed by atoms with Gasteiger partial charge in [0, 0.05) is 23.4 Å². The molecule has 5 heteroatoms. The second kappa shape index (κ2) is 5.52. The van der Waals surface area contributed by atoms with E-state index in [0.29, 0.717) is 0 Å². The van der Waals surface area contributed by atoms with E-state index in [1.54, 1.807) is 6.20 Å². The number of nitrogens with zero attached hydrogens (tertiary/aromatic N) is 1. The summed E-state index contributed by atoms with van der Waals surface area (Å²) in [6.45, 7) is 5.45. The van der Waals surface area contributed by atoms with E-state index in [4.69, 9.17) is 5.73 Å². The highest BCUT2D eigenvalue weighted by molar-refractivity contribution is 6.06. The molecule has 0 spiro atoms. The molecule has 4 N–H and O–H groups in total. The van der Waals surface area contributed by atoms with Crippen molar-refractivity contribution in [2.75, 3.05) is 5.32 Å². The second-order valence-corrected chi connectivity index (χ2v) is 6.30. The molecule has 0 radical (unpaired) electrons. The molecule has 0 aliphatic carbocycles. The molecule has 0 aliphatic heterocycles. The lowest BCUT2D eigenvalue weighted by Gasteiger charge is -2.19. The highest BCUT2D eigenvalue weighted by Crippen LogP contribution is 2.34. The molecular weight excluding hydrogens is 288 g/mol. The van der Waals surface area contributed by atoms with Crippen LogP contribution in [0.25, 0.3) is 22.0 Å². The van der Waals surface area contributed by atoms with Crippen LogP contribution in [0.1, 0.15) is 26.3 Å². The first kappa shape index (κ1) is 15.2. The maximum Gasteiger partial charge on any atom is 0.221 e. The fourth-order valence-corrected chi connectivity index (χ4v) is 2.65. The van der Waals surface area contributed by atoms with E-state index in [1.165, 1.54) is 6.92 Å². The summed E-state index contributed by atoms with van der Waals surface area (Å²) in [5.41, 5.74) is 10.4. The van der Waals surface area contributed by atoms with E-state index in [-0.39, 0.29) is 11.4 Å². The van der Waals surface area contributed by atoms with E-state index in [1.807, 2.05) is 50.2 Å². The Morgan fingerprint density at radius 2 is 1.87 bits per heavy atom. The van der Waals surface area contributed by atoms with E-state index in [0.717, 1.165) is 33.3 Å². The van der Waals surface area contributed by atoms with Crippen molar-refractivity contribution in [1.29, 1.82) is 0 Å². The molecule has 5 nitrogen and oxygen atoms in total. The first-order chi connectivity index (χ1) is 10.9. The maximum atomic E-state index is 11.6. The third-order valence-electron chi connectivity index (χ3n) is 3.87. The van der Waals surface area contributed by atoms with Crippen LogP contribution >= 0.6 is 0 Å². The van der Waals surface area contributed by atoms with Gasteiger partial charge in [0.1, 0.15) is 0 Å². The van der Waals surface area contributed by atoms with Crippen molar-refractivity contribution < 1.29 is 4.79 Å². The van der Waals surface area contributed by atoms with Gasteiger partial charge in [0.05, 0.1) is 17.4 Å². The van der Waals surface area contributed by atoms with Crippen LogP contribution in [-0.2, 0) is 10.3 Å². The Labute approximate surface area is 134 Å². The summed E-state index contributed by atoms with van der Waals surface area (Å²) in [6, 6.07) is 12.0. The van der Waals surface area contributed by atoms with Crippen LogP contribution in [0.2, 0.25) is 0 Å². The van der Waals surface area contributed by atoms with Gasteiger partial charge < -0.3 is 11.1 Å². The van der Waals surface area contributed by atoms with Crippen molar-refractivity contribution in [2.24, 2.45) is 5.73 Å². The normalized spacial score (nSPS) is 11.7. The lowest BCUT2D eigenvalue weighted by Crippen LogP contribution is -2.28. The molecule has 0 aliphatic rings. The minimum absolute atomic E-state index is 0.111. The number of fused-ring (bicyclic) bond motifs is 1. The number of benzene rings is 2. The van der Waals surface area contributed by atoms with Crippen LogP contribution in [0.15, 0.2) is 42.6 Å². The predicted molar refractivity (Wildman–Crippen MR) is 93.0 cm³/mol. The van der Waals surface area contributed by atoms with E-state index in [9.17, 15) is 4.79 Å². The number of rotatable bonds is 3. The molecule has 0 fully saturated rings. The number of hydrogen-bond donors (Lipinski definition) is 3. The minimum atomic E-state index is -0.381. The molecular formula is C18H20N4O. The van der Waals surface area contributed by atoms with E-state index in [2.05, 4.69) is 15.5 Å². The summed E-state index contributed by atoms with van der Waals surface area (Å²) in [7, 11) is 0. The Morgan fingerprint density at radius 1 is 1.17 bits per heavy atom. The molecule has 1 aromatic heterocycles. The number of aromatic nitrogens is 2. The van der Waals surface area contributed by atoms with Crippen LogP contribution in [-0.4, -0.2) is 16.1 Å². The quantitative estimate of drug-likeness (QED) is 0.693. The van der Waals surface area contributed by atoms with Crippen LogP contribution in [0.3, 0.4) is 0 Å². The van der Waals surface area contributed by atoms with Crippen molar-refractivity contribution >= 4 is 22.5 Å². The first-order valence-corrected chi connectivity index (χ1v) is 7.50. The summed E-state index contributed by atoms with van der Waals surface area (Å²) in [4.78, 5) is 11.6. The van der Waals surface area contributed by atoms with Crippen molar-refractivity contribution in [1.82, 2.24) is 10.2 Å². The Kier molecular flexibility index (Phi) is 3.66. The van der Waals surface area contributed by atoms with Crippen LogP contribution in [0, 0.1) is 0 Å². The number of nitrogens with two attached hydrogens (primary N) is 1. The van der Waals surface area contributed by atoms with E-state index < -0.39 is 0 Å². The Balaban J connectivity index is 2.13. The zero-order valence-corrected chi connectivity index (χ0v) is 13.5. The zero-order chi connectivity index (χ0) is 16.6. The van der Waals surface area contributed by atoms with Gasteiger partial charge in [-0.3, -0.25) is 9.89 Å². The summed E-state index contributed by atoms with van der Waals surface area (Å²) >= 11 is 0. The van der Waals surface area contributed by atoms with Gasteiger partial charge in [0.25, 0.3) is 0 Å². The molecule has 3 rings (SSSR count). The molecule has 23 heavy (non-hydrogen) atoms. The molecule has 2 aromatic carbocycles. The molecule has 118 valence electrons. The minimum Gasteiger partial charge on any atom is -0.325 e. The molecule has 1 heterocycles. The Morgan fingerprint density at radius 3 is 2.48 bits per heavy atom. The first-order valence-electron chi connectivity index (χ1n) is 7.50. The van der Waals surface area contributed by atoms with Crippen molar-refractivity contribution in [2.45, 2.75) is 26.3 Å². The molecule has 0 saturated heterocycles. The standard InChI is InChI=1S/C18H20N4O/c1-11(23)21-17-14(8-9-16-15(17)10-20-22-16)12-4-6-13(7-5-12)18(2,3)19/h4-10H,19H2,1-3H3,(H,20,22)(H,21,23). The van der Waals surface area contributed by atoms with Crippen LogP contribution in [0.4, 0.5) is 5.69 Å². The van der Waals surface area contributed by atoms with Crippen molar-refractivity contribution in [3.8, 4) is 11.1 Å². The average Bonchev–Trinajstić information content (AvgIpc) is 2.95. The highest BCUT2D eigenvalue weighted by atomic mass is 16.1. The molecule has 0 bridgehead atoms. The Hall–Kier alpha value is -2.66. The summed E-state index contributed by atoms with van der Waals surface area (Å²) in [6.07, 6.45) is 1.72. The number of H-pyrrole nitrogens is 1. The predicted octanol–water partition coefficient (Wildman–Crippen LogP) is 3.38. The van der Waals surface area contributed by atoms with Gasteiger partial charge in [0.2, 0.25) is 5.91 Å². The number of hydrogen-bond acceptors (Lipinski definition) is 3. The SMILES string of the molecule is CC(=O)Nc1c(-c2ccc(C(C)(C)N)cc2)ccc2[nH]ncc12. The largest absolute Gasteiger partial charge is 0.325 e. The van der Waals surface area contributed by atoms with Gasteiger partial charge in [-0.05, 0) is 31.0 Å². The van der Waals surface area contributed by atoms with E-state index >= 15 is 0 Å². The summed E-state index contributed by atoms with van der Waals surface area (Å²) in [5, 5.41) is 10.8. The molecule has 1 amide bonds. The van der Waals surface area contributed by atoms with Crippen LogP contribution in [0.5, 0.6) is 0 Å². The second-order valence-electron chi connectivity index (χ2n) is 6.30. The monoisotopic (exact) mass is 308 g/mol. The number of carbonyl (C=O) groups is 1. The molecule has 0 saturated carbocycles. The molecule has 0 atom stereocenters. The topological polar surface area (TPSA) is 83.8 Å². The van der Waals surface area contributed by atoms with Gasteiger partial charge in [-0.25, -0.2) is 0 Å². The third kappa shape index (κ3) is 2.96. The third-order valence-corrected chi connectivity index (χ3v) is 3.87. The fraction of sp³-hybridized carbons (Fsp3) is 0.222. The molecule has 0 unspecified atom stereocenters. The lowest BCUT2D eigenvalue weighted by molar-refractivity contribution is -0.114. The summed E-state index contributed by atoms with van der Waals surface area (Å²) in [5.74, 6) is -0.111.